The zero-order valence-electron chi connectivity index (χ0n) is 21.4. The Balaban J connectivity index is 1.35. The maximum absolute atomic E-state index is 15.0. The van der Waals surface area contributed by atoms with Crippen molar-refractivity contribution >= 4 is 11.8 Å². The van der Waals surface area contributed by atoms with Crippen LogP contribution in [0.4, 0.5) is 4.39 Å². The first-order valence-electron chi connectivity index (χ1n) is 13.0. The third-order valence-corrected chi connectivity index (χ3v) is 7.28. The summed E-state index contributed by atoms with van der Waals surface area (Å²) < 4.78 is 37.2. The van der Waals surface area contributed by atoms with Crippen molar-refractivity contribution in [1.82, 2.24) is 10.6 Å². The average molecular weight is 529 g/mol. The monoisotopic (exact) mass is 528 g/mol. The molecular weight excluding hydrogens is 495 g/mol. The van der Waals surface area contributed by atoms with Crippen LogP contribution in [0, 0.1) is 5.82 Å². The molecular formula is C28H33FN2O7. The molecule has 3 heterocycles. The Kier molecular flexibility index (Phi) is 8.11. The number of carbonyl (C=O) groups excluding carboxylic acids is 2. The number of nitrogens with one attached hydrogen (secondary N) is 2. The van der Waals surface area contributed by atoms with Crippen molar-refractivity contribution in [1.29, 1.82) is 0 Å². The topological polar surface area (TPSA) is 115 Å². The number of aliphatic hydroxyl groups excluding tert-OH is 1. The highest BCUT2D eigenvalue weighted by Gasteiger charge is 2.30. The molecule has 2 aromatic carbocycles. The maximum Gasteiger partial charge on any atom is 0.255 e. The van der Waals surface area contributed by atoms with Crippen molar-refractivity contribution in [2.45, 2.75) is 50.4 Å². The highest BCUT2D eigenvalue weighted by atomic mass is 19.1. The van der Waals surface area contributed by atoms with Gasteiger partial charge in [-0.05, 0) is 48.6 Å². The van der Waals surface area contributed by atoms with Gasteiger partial charge in [0.05, 0.1) is 49.7 Å². The van der Waals surface area contributed by atoms with E-state index in [2.05, 4.69) is 10.6 Å². The second-order valence-corrected chi connectivity index (χ2v) is 9.87. The summed E-state index contributed by atoms with van der Waals surface area (Å²) >= 11 is 0. The number of aliphatic hydroxyl groups is 1. The van der Waals surface area contributed by atoms with Gasteiger partial charge in [-0.2, -0.15) is 0 Å². The quantitative estimate of drug-likeness (QED) is 0.481. The summed E-state index contributed by atoms with van der Waals surface area (Å²) in [5, 5.41) is 15.9. The molecule has 9 nitrogen and oxygen atoms in total. The Morgan fingerprint density at radius 3 is 2.74 bits per heavy atom. The summed E-state index contributed by atoms with van der Waals surface area (Å²) in [5.74, 6) is -0.404. The average Bonchev–Trinajstić information content (AvgIpc) is 3.61. The van der Waals surface area contributed by atoms with Gasteiger partial charge in [0, 0.05) is 38.2 Å². The second kappa shape index (κ2) is 11.7. The molecule has 0 bridgehead atoms. The number of hydrogen-bond donors (Lipinski definition) is 3. The van der Waals surface area contributed by atoms with E-state index in [-0.39, 0.29) is 24.2 Å². The van der Waals surface area contributed by atoms with Crippen molar-refractivity contribution in [3.63, 3.8) is 0 Å². The minimum atomic E-state index is -0.791. The Hall–Kier alpha value is -3.21. The molecule has 0 spiro atoms. The molecule has 0 unspecified atom stereocenters. The van der Waals surface area contributed by atoms with Crippen LogP contribution in [-0.4, -0.2) is 75.3 Å². The van der Waals surface area contributed by atoms with E-state index < -0.39 is 23.9 Å². The van der Waals surface area contributed by atoms with E-state index in [1.165, 1.54) is 19.2 Å². The van der Waals surface area contributed by atoms with Crippen LogP contribution < -0.4 is 20.1 Å². The predicted molar refractivity (Wildman–Crippen MR) is 135 cm³/mol. The molecule has 2 fully saturated rings. The first-order chi connectivity index (χ1) is 18.4. The van der Waals surface area contributed by atoms with Crippen LogP contribution in [0.25, 0.3) is 0 Å². The summed E-state index contributed by atoms with van der Waals surface area (Å²) in [7, 11) is 1.51. The second-order valence-electron chi connectivity index (χ2n) is 9.87. The van der Waals surface area contributed by atoms with Gasteiger partial charge < -0.3 is 34.7 Å². The van der Waals surface area contributed by atoms with E-state index in [0.717, 1.165) is 18.4 Å². The molecule has 38 heavy (non-hydrogen) atoms. The highest BCUT2D eigenvalue weighted by Crippen LogP contribution is 2.40. The van der Waals surface area contributed by atoms with Gasteiger partial charge in [-0.25, -0.2) is 4.39 Å². The van der Waals surface area contributed by atoms with Crippen molar-refractivity contribution in [2.24, 2.45) is 0 Å². The molecule has 204 valence electrons. The van der Waals surface area contributed by atoms with Crippen molar-refractivity contribution in [2.75, 3.05) is 40.1 Å². The first kappa shape index (κ1) is 26.4. The molecule has 3 N–H and O–H groups in total. The number of halogens is 1. The van der Waals surface area contributed by atoms with Gasteiger partial charge in [0.1, 0.15) is 17.3 Å². The van der Waals surface area contributed by atoms with E-state index in [1.807, 2.05) is 0 Å². The van der Waals surface area contributed by atoms with Crippen LogP contribution in [0.1, 0.15) is 56.7 Å². The summed E-state index contributed by atoms with van der Waals surface area (Å²) in [6, 6.07) is 5.78. The Labute approximate surface area is 220 Å². The highest BCUT2D eigenvalue weighted by molar-refractivity contribution is 5.98. The molecule has 0 radical (unpaired) electrons. The normalized spacial score (nSPS) is 22.4. The van der Waals surface area contributed by atoms with Gasteiger partial charge in [0.15, 0.2) is 0 Å². The standard InChI is InChI=1S/C28H33FN2O7/c1-35-26-20-6-10-38-25(20)17(13-21(26)28(34)31-23-7-9-36-15-24(23)32)11-16-4-5-19(22(29)12-16)27(33)30-14-18-3-2-8-37-18/h4-5,12-13,18,23-24,32H,2-3,6-11,14-15H2,1H3,(H,30,33)(H,31,34)/t18-,23-,24-/m0/s1. The largest absolute Gasteiger partial charge is 0.495 e. The summed E-state index contributed by atoms with van der Waals surface area (Å²) in [4.78, 5) is 25.8. The molecule has 3 aliphatic rings. The zero-order valence-corrected chi connectivity index (χ0v) is 21.4. The summed E-state index contributed by atoms with van der Waals surface area (Å²) in [5.41, 5.74) is 2.43. The minimum absolute atomic E-state index is 0.0282. The number of benzene rings is 2. The summed E-state index contributed by atoms with van der Waals surface area (Å²) in [6.45, 7) is 2.10. The predicted octanol–water partition coefficient (Wildman–Crippen LogP) is 2.15. The lowest BCUT2D eigenvalue weighted by Gasteiger charge is -2.28. The minimum Gasteiger partial charge on any atom is -0.495 e. The van der Waals surface area contributed by atoms with Crippen LogP contribution in [0.15, 0.2) is 24.3 Å². The summed E-state index contributed by atoms with van der Waals surface area (Å²) in [6.07, 6.45) is 2.39. The molecule has 5 rings (SSSR count). The number of fused-ring (bicyclic) bond motifs is 1. The van der Waals surface area contributed by atoms with Crippen LogP contribution in [0.2, 0.25) is 0 Å². The number of hydrogen-bond acceptors (Lipinski definition) is 7. The van der Waals surface area contributed by atoms with Crippen molar-refractivity contribution in [3.8, 4) is 11.5 Å². The Morgan fingerprint density at radius 1 is 1.13 bits per heavy atom. The van der Waals surface area contributed by atoms with E-state index >= 15 is 0 Å². The molecule has 3 atom stereocenters. The Bertz CT molecular complexity index is 1200. The molecule has 2 saturated heterocycles. The van der Waals surface area contributed by atoms with Gasteiger partial charge in [-0.15, -0.1) is 0 Å². The van der Waals surface area contributed by atoms with E-state index in [4.69, 9.17) is 18.9 Å². The van der Waals surface area contributed by atoms with Crippen molar-refractivity contribution in [3.05, 3.63) is 57.9 Å². The smallest absolute Gasteiger partial charge is 0.255 e. The Morgan fingerprint density at radius 2 is 2.00 bits per heavy atom. The molecule has 2 aromatic rings. The first-order valence-corrected chi connectivity index (χ1v) is 13.0. The fourth-order valence-corrected chi connectivity index (χ4v) is 5.28. The third kappa shape index (κ3) is 5.62. The van der Waals surface area contributed by atoms with E-state index in [1.54, 1.807) is 12.1 Å². The van der Waals surface area contributed by atoms with Crippen molar-refractivity contribution < 1.29 is 38.0 Å². The van der Waals surface area contributed by atoms with Gasteiger partial charge >= 0.3 is 0 Å². The van der Waals surface area contributed by atoms with E-state index in [0.29, 0.717) is 73.8 Å². The van der Waals surface area contributed by atoms with Crippen LogP contribution >= 0.6 is 0 Å². The fourth-order valence-electron chi connectivity index (χ4n) is 5.28. The van der Waals surface area contributed by atoms with Crippen LogP contribution in [0.5, 0.6) is 11.5 Å². The molecule has 0 aromatic heterocycles. The fraction of sp³-hybridized carbons (Fsp3) is 0.500. The van der Waals surface area contributed by atoms with Gasteiger partial charge in [-0.1, -0.05) is 6.07 Å². The van der Waals surface area contributed by atoms with Gasteiger partial charge in [0.25, 0.3) is 11.8 Å². The lowest BCUT2D eigenvalue weighted by atomic mass is 9.95. The number of carbonyl (C=O) groups is 2. The number of ether oxygens (including phenoxy) is 4. The number of rotatable bonds is 8. The molecule has 10 heteroatoms. The van der Waals surface area contributed by atoms with Crippen LogP contribution in [0.3, 0.4) is 0 Å². The van der Waals surface area contributed by atoms with Crippen LogP contribution in [-0.2, 0) is 22.3 Å². The molecule has 0 saturated carbocycles. The SMILES string of the molecule is COc1c(C(=O)N[C@H]2CCOC[C@@H]2O)cc(Cc2ccc(C(=O)NC[C@@H]3CCCO3)c(F)c2)c2c1CCO2. The lowest BCUT2D eigenvalue weighted by Crippen LogP contribution is -2.48. The third-order valence-electron chi connectivity index (χ3n) is 7.28. The number of methoxy groups -OCH3 is 1. The molecule has 3 aliphatic heterocycles. The van der Waals surface area contributed by atoms with Gasteiger partial charge in [-0.3, -0.25) is 9.59 Å². The molecule has 0 aliphatic carbocycles. The maximum atomic E-state index is 15.0. The molecule has 2 amide bonds. The number of amides is 2. The lowest BCUT2D eigenvalue weighted by molar-refractivity contribution is -0.0261. The zero-order chi connectivity index (χ0) is 26.6. The van der Waals surface area contributed by atoms with Gasteiger partial charge in [0.2, 0.25) is 0 Å². The van der Waals surface area contributed by atoms with E-state index in [9.17, 15) is 19.1 Å².